The Bertz CT molecular complexity index is 298. The molecule has 0 aliphatic rings. The number of aromatic nitrogens is 1. The molecule has 1 heterocycles. The summed E-state index contributed by atoms with van der Waals surface area (Å²) in [6.45, 7) is 0. The van der Waals surface area contributed by atoms with Crippen LogP contribution in [0, 0.1) is 11.8 Å². The van der Waals surface area contributed by atoms with Gasteiger partial charge in [-0.2, -0.15) is 12.6 Å². The van der Waals surface area contributed by atoms with Crippen molar-refractivity contribution in [2.45, 2.75) is 0 Å². The number of pyridine rings is 1. The molecule has 0 unspecified atom stereocenters. The first-order valence-corrected chi connectivity index (χ1v) is 3.76. The first-order chi connectivity index (χ1) is 5.33. The van der Waals surface area contributed by atoms with Crippen molar-refractivity contribution in [1.29, 1.82) is 0 Å². The molecule has 0 saturated carbocycles. The maximum Gasteiger partial charge on any atom is 0.0521 e. The van der Waals surface area contributed by atoms with Crippen LogP contribution in [0.25, 0.3) is 0 Å². The molecule has 0 fully saturated rings. The SMILES string of the molecule is Nc1cncc(C#CCS)c1. The second-order valence-corrected chi connectivity index (χ2v) is 2.28. The van der Waals surface area contributed by atoms with Crippen molar-refractivity contribution in [2.75, 3.05) is 11.5 Å². The second-order valence-electron chi connectivity index (χ2n) is 1.97. The van der Waals surface area contributed by atoms with Crippen molar-refractivity contribution in [3.63, 3.8) is 0 Å². The Hall–Kier alpha value is -1.14. The summed E-state index contributed by atoms with van der Waals surface area (Å²) in [5, 5.41) is 0. The molecule has 1 aromatic heterocycles. The Balaban J connectivity index is 2.87. The summed E-state index contributed by atoms with van der Waals surface area (Å²) in [5.74, 6) is 6.23. The summed E-state index contributed by atoms with van der Waals surface area (Å²) in [4.78, 5) is 3.88. The Kier molecular flexibility index (Phi) is 2.82. The molecule has 3 heteroatoms. The molecular weight excluding hydrogens is 156 g/mol. The highest BCUT2D eigenvalue weighted by molar-refractivity contribution is 7.80. The lowest BCUT2D eigenvalue weighted by molar-refractivity contribution is 1.32. The standard InChI is InChI=1S/C8H8N2S/c9-8-4-7(2-1-3-11)5-10-6-8/h4-6,11H,3,9H2. The summed E-state index contributed by atoms with van der Waals surface area (Å²) in [7, 11) is 0. The van der Waals surface area contributed by atoms with Crippen molar-refractivity contribution >= 4 is 18.3 Å². The van der Waals surface area contributed by atoms with Gasteiger partial charge in [0.1, 0.15) is 0 Å². The van der Waals surface area contributed by atoms with E-state index in [-0.39, 0.29) is 0 Å². The fraction of sp³-hybridized carbons (Fsp3) is 0.125. The van der Waals surface area contributed by atoms with Gasteiger partial charge in [0.15, 0.2) is 0 Å². The van der Waals surface area contributed by atoms with E-state index in [2.05, 4.69) is 29.5 Å². The number of rotatable bonds is 0. The van der Waals surface area contributed by atoms with Crippen molar-refractivity contribution in [3.8, 4) is 11.8 Å². The minimum absolute atomic E-state index is 0.550. The zero-order valence-electron chi connectivity index (χ0n) is 5.91. The van der Waals surface area contributed by atoms with Crippen LogP contribution in [0.2, 0.25) is 0 Å². The van der Waals surface area contributed by atoms with Crippen molar-refractivity contribution in [1.82, 2.24) is 4.98 Å². The number of nitrogens with zero attached hydrogens (tertiary/aromatic N) is 1. The third kappa shape index (κ3) is 2.52. The van der Waals surface area contributed by atoms with Crippen molar-refractivity contribution < 1.29 is 0 Å². The van der Waals surface area contributed by atoms with Crippen LogP contribution >= 0.6 is 12.6 Å². The number of nitrogen functional groups attached to an aromatic ring is 1. The number of anilines is 1. The summed E-state index contributed by atoms with van der Waals surface area (Å²) >= 11 is 3.95. The van der Waals surface area contributed by atoms with Crippen LogP contribution < -0.4 is 5.73 Å². The van der Waals surface area contributed by atoms with Gasteiger partial charge in [0.05, 0.1) is 11.4 Å². The Morgan fingerprint density at radius 1 is 1.55 bits per heavy atom. The van der Waals surface area contributed by atoms with Crippen LogP contribution in [0.5, 0.6) is 0 Å². The maximum atomic E-state index is 5.48. The Labute approximate surface area is 71.2 Å². The molecule has 1 rings (SSSR count). The van der Waals surface area contributed by atoms with Gasteiger partial charge in [-0.25, -0.2) is 0 Å². The first-order valence-electron chi connectivity index (χ1n) is 3.13. The zero-order chi connectivity index (χ0) is 8.10. The van der Waals surface area contributed by atoms with E-state index < -0.39 is 0 Å². The van der Waals surface area contributed by atoms with E-state index in [4.69, 9.17) is 5.73 Å². The molecule has 1 aromatic rings. The minimum Gasteiger partial charge on any atom is -0.397 e. The molecule has 56 valence electrons. The quantitative estimate of drug-likeness (QED) is 0.442. The van der Waals surface area contributed by atoms with E-state index in [1.165, 1.54) is 0 Å². The third-order valence-corrected chi connectivity index (χ3v) is 1.23. The largest absolute Gasteiger partial charge is 0.397 e. The number of hydrogen-bond donors (Lipinski definition) is 2. The predicted octanol–water partition coefficient (Wildman–Crippen LogP) is 0.945. The van der Waals surface area contributed by atoms with E-state index in [1.807, 2.05) is 0 Å². The molecule has 0 amide bonds. The lowest BCUT2D eigenvalue weighted by Crippen LogP contribution is -1.86. The fourth-order valence-corrected chi connectivity index (χ4v) is 0.747. The molecular formula is C8H8N2S. The molecule has 0 bridgehead atoms. The summed E-state index contributed by atoms with van der Waals surface area (Å²) < 4.78 is 0. The van der Waals surface area contributed by atoms with Gasteiger partial charge in [0.25, 0.3) is 0 Å². The lowest BCUT2D eigenvalue weighted by atomic mass is 10.3. The zero-order valence-corrected chi connectivity index (χ0v) is 6.81. The molecule has 0 aromatic carbocycles. The minimum atomic E-state index is 0.550. The lowest BCUT2D eigenvalue weighted by Gasteiger charge is -1.90. The normalized spacial score (nSPS) is 8.45. The van der Waals surface area contributed by atoms with E-state index >= 15 is 0 Å². The van der Waals surface area contributed by atoms with Crippen LogP contribution in [0.3, 0.4) is 0 Å². The van der Waals surface area contributed by atoms with Gasteiger partial charge in [-0.15, -0.1) is 0 Å². The van der Waals surface area contributed by atoms with Gasteiger partial charge in [0.2, 0.25) is 0 Å². The second kappa shape index (κ2) is 3.89. The topological polar surface area (TPSA) is 38.9 Å². The first kappa shape index (κ1) is 7.96. The predicted molar refractivity (Wildman–Crippen MR) is 49.4 cm³/mol. The molecule has 0 spiro atoms. The van der Waals surface area contributed by atoms with Crippen LogP contribution in [0.4, 0.5) is 5.69 Å². The third-order valence-electron chi connectivity index (χ3n) is 1.07. The van der Waals surface area contributed by atoms with Crippen LogP contribution in [-0.2, 0) is 0 Å². The molecule has 0 saturated heterocycles. The Morgan fingerprint density at radius 3 is 3.00 bits per heavy atom. The Morgan fingerprint density at radius 2 is 2.36 bits per heavy atom. The average molecular weight is 164 g/mol. The highest BCUT2D eigenvalue weighted by atomic mass is 32.1. The van der Waals surface area contributed by atoms with Crippen LogP contribution in [-0.4, -0.2) is 10.7 Å². The van der Waals surface area contributed by atoms with Gasteiger partial charge in [-0.05, 0) is 6.07 Å². The van der Waals surface area contributed by atoms with E-state index in [9.17, 15) is 0 Å². The molecule has 0 radical (unpaired) electrons. The maximum absolute atomic E-state index is 5.48. The van der Waals surface area contributed by atoms with Gasteiger partial charge < -0.3 is 5.73 Å². The molecule has 11 heavy (non-hydrogen) atoms. The number of thiol groups is 1. The van der Waals surface area contributed by atoms with Crippen LogP contribution in [0.15, 0.2) is 18.5 Å². The van der Waals surface area contributed by atoms with Crippen molar-refractivity contribution in [2.24, 2.45) is 0 Å². The van der Waals surface area contributed by atoms with Gasteiger partial charge in [0, 0.05) is 18.0 Å². The number of nitrogens with two attached hydrogens (primary N) is 1. The monoisotopic (exact) mass is 164 g/mol. The smallest absolute Gasteiger partial charge is 0.0521 e. The highest BCUT2D eigenvalue weighted by Gasteiger charge is 1.86. The number of hydrogen-bond acceptors (Lipinski definition) is 3. The highest BCUT2D eigenvalue weighted by Crippen LogP contribution is 2.01. The fourth-order valence-electron chi connectivity index (χ4n) is 0.668. The summed E-state index contributed by atoms with van der Waals surface area (Å²) in [6.07, 6.45) is 3.26. The molecule has 0 aliphatic heterocycles. The van der Waals surface area contributed by atoms with Crippen LogP contribution in [0.1, 0.15) is 5.56 Å². The van der Waals surface area contributed by atoms with Crippen molar-refractivity contribution in [3.05, 3.63) is 24.0 Å². The summed E-state index contributed by atoms with van der Waals surface area (Å²) in [6, 6.07) is 1.78. The molecule has 0 aliphatic carbocycles. The van der Waals surface area contributed by atoms with Gasteiger partial charge in [-0.1, -0.05) is 11.8 Å². The van der Waals surface area contributed by atoms with Gasteiger partial charge in [-0.3, -0.25) is 4.98 Å². The van der Waals surface area contributed by atoms with E-state index in [0.29, 0.717) is 11.4 Å². The van der Waals surface area contributed by atoms with E-state index in [1.54, 1.807) is 18.5 Å². The molecule has 2 nitrogen and oxygen atoms in total. The molecule has 2 N–H and O–H groups in total. The average Bonchev–Trinajstić information content (AvgIpc) is 2.01. The van der Waals surface area contributed by atoms with E-state index in [0.717, 1.165) is 5.56 Å². The molecule has 0 atom stereocenters. The van der Waals surface area contributed by atoms with Gasteiger partial charge >= 0.3 is 0 Å². The summed E-state index contributed by atoms with van der Waals surface area (Å²) in [5.41, 5.74) is 6.95.